The van der Waals surface area contributed by atoms with Crippen molar-refractivity contribution in [3.8, 4) is 5.75 Å². The molecule has 1 rings (SSSR count). The molecule has 0 radical (unpaired) electrons. The first-order valence-corrected chi connectivity index (χ1v) is 4.15. The van der Waals surface area contributed by atoms with Gasteiger partial charge in [0.15, 0.2) is 5.78 Å². The minimum absolute atomic E-state index is 0.0383. The van der Waals surface area contributed by atoms with Gasteiger partial charge >= 0.3 is 0 Å². The third-order valence-electron chi connectivity index (χ3n) is 1.88. The number of nitrogens with two attached hydrogens (primary N) is 1. The van der Waals surface area contributed by atoms with Crippen molar-refractivity contribution in [1.82, 2.24) is 0 Å². The standard InChI is InChI=1S/C10H13NO2/c1-3-10(12)8-6-7(13-2)4-5-9(8)11/h4-6H,3,11H2,1-2H3. The summed E-state index contributed by atoms with van der Waals surface area (Å²) in [7, 11) is 1.56. The Bertz CT molecular complexity index is 321. The fourth-order valence-corrected chi connectivity index (χ4v) is 1.09. The first-order valence-electron chi connectivity index (χ1n) is 4.15. The molecular weight excluding hydrogens is 166 g/mol. The molecule has 0 aromatic heterocycles. The lowest BCUT2D eigenvalue weighted by Gasteiger charge is -2.05. The lowest BCUT2D eigenvalue weighted by molar-refractivity contribution is 0.0988. The first kappa shape index (κ1) is 9.58. The summed E-state index contributed by atoms with van der Waals surface area (Å²) in [4.78, 5) is 11.4. The molecule has 0 aliphatic carbocycles. The fourth-order valence-electron chi connectivity index (χ4n) is 1.09. The Hall–Kier alpha value is -1.51. The molecule has 0 aliphatic heterocycles. The van der Waals surface area contributed by atoms with Crippen LogP contribution in [0, 0.1) is 0 Å². The van der Waals surface area contributed by atoms with Gasteiger partial charge in [0.1, 0.15) is 5.75 Å². The Labute approximate surface area is 77.5 Å². The molecule has 0 fully saturated rings. The zero-order chi connectivity index (χ0) is 9.84. The molecular formula is C10H13NO2. The number of benzene rings is 1. The van der Waals surface area contributed by atoms with Crippen molar-refractivity contribution in [2.45, 2.75) is 13.3 Å². The zero-order valence-corrected chi connectivity index (χ0v) is 7.83. The number of nitrogen functional groups attached to an aromatic ring is 1. The lowest BCUT2D eigenvalue weighted by atomic mass is 10.1. The van der Waals surface area contributed by atoms with Crippen LogP contribution in [0.25, 0.3) is 0 Å². The van der Waals surface area contributed by atoms with Crippen molar-refractivity contribution in [2.75, 3.05) is 12.8 Å². The molecule has 0 spiro atoms. The van der Waals surface area contributed by atoms with Gasteiger partial charge < -0.3 is 10.5 Å². The summed E-state index contributed by atoms with van der Waals surface area (Å²) >= 11 is 0. The van der Waals surface area contributed by atoms with Crippen LogP contribution in [0.4, 0.5) is 5.69 Å². The van der Waals surface area contributed by atoms with E-state index in [2.05, 4.69) is 0 Å². The van der Waals surface area contributed by atoms with Gasteiger partial charge in [0, 0.05) is 17.7 Å². The second-order valence-corrected chi connectivity index (χ2v) is 2.73. The van der Waals surface area contributed by atoms with E-state index in [1.54, 1.807) is 32.2 Å². The van der Waals surface area contributed by atoms with Crippen LogP contribution in [0.3, 0.4) is 0 Å². The summed E-state index contributed by atoms with van der Waals surface area (Å²) < 4.78 is 5.00. The molecule has 0 saturated heterocycles. The number of methoxy groups -OCH3 is 1. The fraction of sp³-hybridized carbons (Fsp3) is 0.300. The van der Waals surface area contributed by atoms with Crippen molar-refractivity contribution in [3.63, 3.8) is 0 Å². The van der Waals surface area contributed by atoms with Gasteiger partial charge in [0.2, 0.25) is 0 Å². The number of rotatable bonds is 3. The summed E-state index contributed by atoms with van der Waals surface area (Å²) in [6.07, 6.45) is 0.456. The van der Waals surface area contributed by atoms with Gasteiger partial charge in [-0.05, 0) is 18.2 Å². The number of ether oxygens (including phenoxy) is 1. The molecule has 3 heteroatoms. The minimum atomic E-state index is 0.0383. The molecule has 1 aromatic carbocycles. The topological polar surface area (TPSA) is 52.3 Å². The largest absolute Gasteiger partial charge is 0.497 e. The predicted octanol–water partition coefficient (Wildman–Crippen LogP) is 1.87. The number of carbonyl (C=O) groups is 1. The van der Waals surface area contributed by atoms with Gasteiger partial charge in [-0.2, -0.15) is 0 Å². The van der Waals surface area contributed by atoms with Crippen LogP contribution in [0.5, 0.6) is 5.75 Å². The molecule has 0 amide bonds. The molecule has 0 aliphatic rings. The average Bonchev–Trinajstić information content (AvgIpc) is 2.17. The van der Waals surface area contributed by atoms with Crippen LogP contribution in [0.1, 0.15) is 23.7 Å². The van der Waals surface area contributed by atoms with Gasteiger partial charge in [-0.1, -0.05) is 6.92 Å². The highest BCUT2D eigenvalue weighted by molar-refractivity contribution is 6.00. The number of hydrogen-bond donors (Lipinski definition) is 1. The molecule has 0 saturated carbocycles. The summed E-state index contributed by atoms with van der Waals surface area (Å²) in [5.74, 6) is 0.697. The van der Waals surface area contributed by atoms with E-state index in [1.807, 2.05) is 0 Å². The van der Waals surface area contributed by atoms with E-state index in [4.69, 9.17) is 10.5 Å². The molecule has 0 atom stereocenters. The quantitative estimate of drug-likeness (QED) is 0.569. The van der Waals surface area contributed by atoms with Crippen molar-refractivity contribution in [2.24, 2.45) is 0 Å². The molecule has 0 bridgehead atoms. The normalized spacial score (nSPS) is 9.69. The van der Waals surface area contributed by atoms with E-state index in [0.717, 1.165) is 0 Å². The summed E-state index contributed by atoms with van der Waals surface area (Å²) in [5.41, 5.74) is 6.69. The Balaban J connectivity index is 3.11. The summed E-state index contributed by atoms with van der Waals surface area (Å²) in [6.45, 7) is 1.81. The van der Waals surface area contributed by atoms with Crippen LogP contribution in [-0.4, -0.2) is 12.9 Å². The van der Waals surface area contributed by atoms with Crippen LogP contribution in [0.15, 0.2) is 18.2 Å². The van der Waals surface area contributed by atoms with E-state index in [1.165, 1.54) is 0 Å². The Kier molecular flexibility index (Phi) is 2.90. The zero-order valence-electron chi connectivity index (χ0n) is 7.83. The van der Waals surface area contributed by atoms with Gasteiger partial charge in [-0.15, -0.1) is 0 Å². The molecule has 1 aromatic rings. The third-order valence-corrected chi connectivity index (χ3v) is 1.88. The lowest BCUT2D eigenvalue weighted by Crippen LogP contribution is -2.02. The molecule has 13 heavy (non-hydrogen) atoms. The third kappa shape index (κ3) is 1.99. The molecule has 2 N–H and O–H groups in total. The SMILES string of the molecule is CCC(=O)c1cc(OC)ccc1N. The van der Waals surface area contributed by atoms with Crippen LogP contribution >= 0.6 is 0 Å². The van der Waals surface area contributed by atoms with E-state index in [9.17, 15) is 4.79 Å². The maximum absolute atomic E-state index is 11.4. The summed E-state index contributed by atoms with van der Waals surface area (Å²) in [6, 6.07) is 5.09. The molecule has 0 heterocycles. The summed E-state index contributed by atoms with van der Waals surface area (Å²) in [5, 5.41) is 0. The maximum atomic E-state index is 11.4. The molecule has 3 nitrogen and oxygen atoms in total. The minimum Gasteiger partial charge on any atom is -0.497 e. The van der Waals surface area contributed by atoms with Gasteiger partial charge in [0.05, 0.1) is 7.11 Å². The number of ketones is 1. The second kappa shape index (κ2) is 3.94. The van der Waals surface area contributed by atoms with Crippen LogP contribution < -0.4 is 10.5 Å². The highest BCUT2D eigenvalue weighted by Crippen LogP contribution is 2.20. The average molecular weight is 179 g/mol. The van der Waals surface area contributed by atoms with Crippen molar-refractivity contribution in [1.29, 1.82) is 0 Å². The smallest absolute Gasteiger partial charge is 0.164 e. The number of hydrogen-bond acceptors (Lipinski definition) is 3. The highest BCUT2D eigenvalue weighted by Gasteiger charge is 2.08. The van der Waals surface area contributed by atoms with Gasteiger partial charge in [-0.25, -0.2) is 0 Å². The van der Waals surface area contributed by atoms with E-state index in [0.29, 0.717) is 23.4 Å². The Morgan fingerprint density at radius 3 is 2.77 bits per heavy atom. The maximum Gasteiger partial charge on any atom is 0.164 e. The van der Waals surface area contributed by atoms with Crippen LogP contribution in [-0.2, 0) is 0 Å². The van der Waals surface area contributed by atoms with Gasteiger partial charge in [-0.3, -0.25) is 4.79 Å². The van der Waals surface area contributed by atoms with Gasteiger partial charge in [0.25, 0.3) is 0 Å². The van der Waals surface area contributed by atoms with Crippen LogP contribution in [0.2, 0.25) is 0 Å². The van der Waals surface area contributed by atoms with E-state index < -0.39 is 0 Å². The van der Waals surface area contributed by atoms with Crippen molar-refractivity contribution in [3.05, 3.63) is 23.8 Å². The molecule has 0 unspecified atom stereocenters. The number of carbonyl (C=O) groups excluding carboxylic acids is 1. The second-order valence-electron chi connectivity index (χ2n) is 2.73. The Morgan fingerprint density at radius 1 is 1.54 bits per heavy atom. The van der Waals surface area contributed by atoms with E-state index in [-0.39, 0.29) is 5.78 Å². The molecule has 70 valence electrons. The predicted molar refractivity (Wildman–Crippen MR) is 52.0 cm³/mol. The van der Waals surface area contributed by atoms with E-state index >= 15 is 0 Å². The van der Waals surface area contributed by atoms with Crippen molar-refractivity contribution >= 4 is 11.5 Å². The highest BCUT2D eigenvalue weighted by atomic mass is 16.5. The monoisotopic (exact) mass is 179 g/mol. The number of Topliss-reactive ketones (excluding diaryl/α,β-unsaturated/α-hetero) is 1. The number of anilines is 1. The van der Waals surface area contributed by atoms with Crippen molar-refractivity contribution < 1.29 is 9.53 Å². The Morgan fingerprint density at radius 2 is 2.23 bits per heavy atom. The first-order chi connectivity index (χ1) is 6.19.